The molecule has 0 fully saturated rings. The van der Waals surface area contributed by atoms with E-state index in [2.05, 4.69) is 15.2 Å². The summed E-state index contributed by atoms with van der Waals surface area (Å²) in [4.78, 5) is 14.6. The minimum atomic E-state index is -0.474. The van der Waals surface area contributed by atoms with E-state index in [1.807, 2.05) is 25.1 Å². The molecular weight excluding hydrogens is 297 g/mol. The molecule has 0 saturated heterocycles. The molecule has 5 nitrogen and oxygen atoms in total. The Kier molecular flexibility index (Phi) is 3.89. The van der Waals surface area contributed by atoms with Crippen LogP contribution in [0, 0.1) is 12.7 Å². The lowest BCUT2D eigenvalue weighted by Crippen LogP contribution is -1.97. The standard InChI is InChI=1S/C17H14FN3O2/c1-10-2-7-14-13(8-10)16(17(23)19-14)21-20-15(22)9-11-3-5-12(18)6-4-11/h2-8,19,23H,9H2,1H3. The van der Waals surface area contributed by atoms with E-state index in [9.17, 15) is 14.3 Å². The van der Waals surface area contributed by atoms with E-state index in [1.54, 1.807) is 0 Å². The summed E-state index contributed by atoms with van der Waals surface area (Å²) >= 11 is 0. The summed E-state index contributed by atoms with van der Waals surface area (Å²) in [5, 5.41) is 18.1. The predicted octanol–water partition coefficient (Wildman–Crippen LogP) is 4.17. The summed E-state index contributed by atoms with van der Waals surface area (Å²) in [6, 6.07) is 11.2. The number of hydrogen-bond acceptors (Lipinski definition) is 3. The molecule has 0 aliphatic heterocycles. The molecule has 3 rings (SSSR count). The van der Waals surface area contributed by atoms with Gasteiger partial charge in [0.15, 0.2) is 5.69 Å². The molecule has 2 aromatic carbocycles. The highest BCUT2D eigenvalue weighted by atomic mass is 19.1. The van der Waals surface area contributed by atoms with E-state index < -0.39 is 5.91 Å². The SMILES string of the molecule is Cc1ccc2[nH]c(O)c(N=NC(=O)Cc3ccc(F)cc3)c2c1. The Labute approximate surface area is 131 Å². The van der Waals surface area contributed by atoms with Gasteiger partial charge < -0.3 is 10.1 Å². The molecule has 1 amide bonds. The van der Waals surface area contributed by atoms with Gasteiger partial charge in [-0.25, -0.2) is 4.39 Å². The lowest BCUT2D eigenvalue weighted by Gasteiger charge is -1.97. The van der Waals surface area contributed by atoms with Crippen molar-refractivity contribution in [3.63, 3.8) is 0 Å². The van der Waals surface area contributed by atoms with E-state index in [0.717, 1.165) is 5.56 Å². The third-order valence-electron chi connectivity index (χ3n) is 3.44. The number of nitrogens with one attached hydrogen (secondary N) is 1. The molecule has 0 unspecified atom stereocenters. The number of aromatic amines is 1. The first-order valence-corrected chi connectivity index (χ1v) is 7.03. The van der Waals surface area contributed by atoms with Gasteiger partial charge in [0, 0.05) is 5.39 Å². The van der Waals surface area contributed by atoms with E-state index in [0.29, 0.717) is 16.5 Å². The van der Waals surface area contributed by atoms with Crippen LogP contribution in [0.25, 0.3) is 10.9 Å². The van der Waals surface area contributed by atoms with Gasteiger partial charge in [-0.1, -0.05) is 23.8 Å². The predicted molar refractivity (Wildman–Crippen MR) is 84.3 cm³/mol. The van der Waals surface area contributed by atoms with Gasteiger partial charge in [-0.15, -0.1) is 10.2 Å². The van der Waals surface area contributed by atoms with Gasteiger partial charge in [0.1, 0.15) is 5.82 Å². The average Bonchev–Trinajstić information content (AvgIpc) is 2.82. The lowest BCUT2D eigenvalue weighted by molar-refractivity contribution is -0.117. The van der Waals surface area contributed by atoms with Crippen LogP contribution in [-0.4, -0.2) is 16.0 Å². The van der Waals surface area contributed by atoms with Crippen molar-refractivity contribution in [3.05, 3.63) is 59.4 Å². The summed E-state index contributed by atoms with van der Waals surface area (Å²) < 4.78 is 12.8. The Morgan fingerprint density at radius 1 is 1.22 bits per heavy atom. The highest BCUT2D eigenvalue weighted by Crippen LogP contribution is 2.35. The maximum absolute atomic E-state index is 12.8. The molecule has 1 heterocycles. The molecular formula is C17H14FN3O2. The number of carbonyl (C=O) groups excluding carboxylic acids is 1. The smallest absolute Gasteiger partial charge is 0.269 e. The number of carbonyl (C=O) groups is 1. The van der Waals surface area contributed by atoms with Gasteiger partial charge in [-0.3, -0.25) is 4.79 Å². The number of aryl methyl sites for hydroxylation is 1. The molecule has 23 heavy (non-hydrogen) atoms. The number of fused-ring (bicyclic) bond motifs is 1. The van der Waals surface area contributed by atoms with Crippen LogP contribution in [-0.2, 0) is 11.2 Å². The zero-order valence-corrected chi connectivity index (χ0v) is 12.4. The van der Waals surface area contributed by atoms with Gasteiger partial charge in [0.25, 0.3) is 5.91 Å². The van der Waals surface area contributed by atoms with Crippen LogP contribution >= 0.6 is 0 Å². The number of rotatable bonds is 3. The fraction of sp³-hybridized carbons (Fsp3) is 0.118. The van der Waals surface area contributed by atoms with Crippen molar-refractivity contribution in [1.29, 1.82) is 0 Å². The summed E-state index contributed by atoms with van der Waals surface area (Å²) in [5.41, 5.74) is 2.60. The first-order valence-electron chi connectivity index (χ1n) is 7.03. The largest absolute Gasteiger partial charge is 0.493 e. The van der Waals surface area contributed by atoms with Crippen LogP contribution in [0.3, 0.4) is 0 Å². The number of aromatic nitrogens is 1. The van der Waals surface area contributed by atoms with E-state index in [1.165, 1.54) is 24.3 Å². The van der Waals surface area contributed by atoms with E-state index in [4.69, 9.17) is 0 Å². The molecule has 0 atom stereocenters. The Morgan fingerprint density at radius 3 is 2.70 bits per heavy atom. The number of benzene rings is 2. The fourth-order valence-electron chi connectivity index (χ4n) is 2.30. The van der Waals surface area contributed by atoms with Crippen LogP contribution in [0.2, 0.25) is 0 Å². The topological polar surface area (TPSA) is 77.8 Å². The van der Waals surface area contributed by atoms with Crippen LogP contribution in [0.1, 0.15) is 11.1 Å². The quantitative estimate of drug-likeness (QED) is 0.712. The summed E-state index contributed by atoms with van der Waals surface area (Å²) in [7, 11) is 0. The molecule has 0 bridgehead atoms. The molecule has 6 heteroatoms. The monoisotopic (exact) mass is 311 g/mol. The minimum absolute atomic E-state index is 0.0198. The number of halogens is 1. The second kappa shape index (κ2) is 6.00. The van der Waals surface area contributed by atoms with Crippen molar-refractivity contribution >= 4 is 22.5 Å². The van der Waals surface area contributed by atoms with E-state index in [-0.39, 0.29) is 23.8 Å². The Balaban J connectivity index is 1.82. The van der Waals surface area contributed by atoms with Gasteiger partial charge in [0.05, 0.1) is 11.9 Å². The van der Waals surface area contributed by atoms with Crippen molar-refractivity contribution in [2.45, 2.75) is 13.3 Å². The van der Waals surface area contributed by atoms with Gasteiger partial charge in [-0.05, 0) is 36.8 Å². The van der Waals surface area contributed by atoms with Crippen LogP contribution in [0.15, 0.2) is 52.7 Å². The first kappa shape index (κ1) is 14.9. The number of hydrogen-bond donors (Lipinski definition) is 2. The third-order valence-corrected chi connectivity index (χ3v) is 3.44. The zero-order valence-electron chi connectivity index (χ0n) is 12.4. The second-order valence-corrected chi connectivity index (χ2v) is 5.27. The fourth-order valence-corrected chi connectivity index (χ4v) is 2.30. The average molecular weight is 311 g/mol. The van der Waals surface area contributed by atoms with E-state index >= 15 is 0 Å². The Morgan fingerprint density at radius 2 is 1.96 bits per heavy atom. The highest BCUT2D eigenvalue weighted by molar-refractivity contribution is 5.94. The van der Waals surface area contributed by atoms with Gasteiger partial charge in [-0.2, -0.15) is 0 Å². The molecule has 0 aliphatic rings. The molecule has 116 valence electrons. The minimum Gasteiger partial charge on any atom is -0.493 e. The Bertz CT molecular complexity index is 898. The molecule has 2 N–H and O–H groups in total. The number of aromatic hydroxyl groups is 1. The van der Waals surface area contributed by atoms with Crippen molar-refractivity contribution < 1.29 is 14.3 Å². The normalized spacial score (nSPS) is 11.4. The third kappa shape index (κ3) is 3.26. The van der Waals surface area contributed by atoms with Crippen LogP contribution in [0.4, 0.5) is 10.1 Å². The molecule has 1 aromatic heterocycles. The Hall–Kier alpha value is -3.02. The molecule has 0 saturated carbocycles. The lowest BCUT2D eigenvalue weighted by atomic mass is 10.1. The van der Waals surface area contributed by atoms with Gasteiger partial charge >= 0.3 is 0 Å². The first-order chi connectivity index (χ1) is 11.0. The molecule has 0 radical (unpaired) electrons. The highest BCUT2D eigenvalue weighted by Gasteiger charge is 2.11. The summed E-state index contributed by atoms with van der Waals surface area (Å²) in [5.74, 6) is -0.969. The second-order valence-electron chi connectivity index (χ2n) is 5.27. The number of amides is 1. The maximum Gasteiger partial charge on any atom is 0.269 e. The zero-order chi connectivity index (χ0) is 16.4. The summed E-state index contributed by atoms with van der Waals surface area (Å²) in [6.07, 6.45) is 0.0198. The number of azo groups is 1. The van der Waals surface area contributed by atoms with Crippen molar-refractivity contribution in [1.82, 2.24) is 4.98 Å². The maximum atomic E-state index is 12.8. The molecule has 3 aromatic rings. The number of H-pyrrole nitrogens is 1. The van der Waals surface area contributed by atoms with Crippen LogP contribution < -0.4 is 0 Å². The van der Waals surface area contributed by atoms with Crippen molar-refractivity contribution in [3.8, 4) is 5.88 Å². The number of nitrogens with zero attached hydrogens (tertiary/aromatic N) is 2. The summed E-state index contributed by atoms with van der Waals surface area (Å²) in [6.45, 7) is 1.92. The van der Waals surface area contributed by atoms with Crippen LogP contribution in [0.5, 0.6) is 5.88 Å². The molecule has 0 aliphatic carbocycles. The van der Waals surface area contributed by atoms with Gasteiger partial charge in [0.2, 0.25) is 5.88 Å². The van der Waals surface area contributed by atoms with Crippen molar-refractivity contribution in [2.75, 3.05) is 0 Å². The van der Waals surface area contributed by atoms with Crippen molar-refractivity contribution in [2.24, 2.45) is 10.2 Å². The molecule has 0 spiro atoms.